The molecular formula is C23H36O6. The Morgan fingerprint density at radius 3 is 2.48 bits per heavy atom. The smallest absolute Gasteiger partial charge is 0.313 e. The van der Waals surface area contributed by atoms with Crippen LogP contribution in [-0.4, -0.2) is 49.9 Å². The Labute approximate surface area is 174 Å². The van der Waals surface area contributed by atoms with Gasteiger partial charge in [-0.15, -0.1) is 0 Å². The van der Waals surface area contributed by atoms with E-state index in [0.717, 1.165) is 31.2 Å². The molecule has 0 aliphatic carbocycles. The van der Waals surface area contributed by atoms with Crippen LogP contribution >= 0.6 is 0 Å². The van der Waals surface area contributed by atoms with Crippen LogP contribution in [0.1, 0.15) is 51.5 Å². The van der Waals surface area contributed by atoms with E-state index in [2.05, 4.69) is 6.92 Å². The van der Waals surface area contributed by atoms with Crippen LogP contribution in [0.2, 0.25) is 0 Å². The SMILES string of the molecule is COC(=O)[C@H](COCc1ccccc1)[C@H](O)CCCC[C@@H](C)CC1(C)OCCO1. The molecule has 1 aromatic rings. The molecule has 0 radical (unpaired) electrons. The number of carbonyl (C=O) groups is 1. The van der Waals surface area contributed by atoms with Crippen molar-refractivity contribution >= 4 is 5.97 Å². The third-order valence-electron chi connectivity index (χ3n) is 5.44. The minimum Gasteiger partial charge on any atom is -0.469 e. The first kappa shape index (κ1) is 23.8. The minimum absolute atomic E-state index is 0.145. The fourth-order valence-corrected chi connectivity index (χ4v) is 3.82. The van der Waals surface area contributed by atoms with E-state index in [1.165, 1.54) is 7.11 Å². The van der Waals surface area contributed by atoms with Gasteiger partial charge in [0.2, 0.25) is 0 Å². The lowest BCUT2D eigenvalue weighted by Crippen LogP contribution is -2.33. The maximum absolute atomic E-state index is 12.1. The lowest BCUT2D eigenvalue weighted by Gasteiger charge is -2.26. The number of rotatable bonds is 13. The number of aliphatic hydroxyl groups excluding tert-OH is 1. The second-order valence-electron chi connectivity index (χ2n) is 8.12. The third-order valence-corrected chi connectivity index (χ3v) is 5.44. The number of unbranched alkanes of at least 4 members (excludes halogenated alkanes) is 1. The van der Waals surface area contributed by atoms with Gasteiger partial charge in [0.25, 0.3) is 0 Å². The quantitative estimate of drug-likeness (QED) is 0.396. The number of hydrogen-bond donors (Lipinski definition) is 1. The number of ether oxygens (including phenoxy) is 4. The van der Waals surface area contributed by atoms with Gasteiger partial charge in [-0.2, -0.15) is 0 Å². The molecule has 1 saturated heterocycles. The zero-order valence-corrected chi connectivity index (χ0v) is 18.0. The molecule has 0 spiro atoms. The van der Waals surface area contributed by atoms with Crippen molar-refractivity contribution in [2.45, 2.75) is 64.4 Å². The van der Waals surface area contributed by atoms with E-state index in [-0.39, 0.29) is 6.61 Å². The molecule has 1 N–H and O–H groups in total. The fourth-order valence-electron chi connectivity index (χ4n) is 3.82. The summed E-state index contributed by atoms with van der Waals surface area (Å²) in [4.78, 5) is 12.1. The first-order valence-corrected chi connectivity index (χ1v) is 10.6. The first-order chi connectivity index (χ1) is 13.9. The van der Waals surface area contributed by atoms with Gasteiger partial charge in [0.1, 0.15) is 5.92 Å². The Morgan fingerprint density at radius 1 is 1.17 bits per heavy atom. The Morgan fingerprint density at radius 2 is 1.83 bits per heavy atom. The summed E-state index contributed by atoms with van der Waals surface area (Å²) in [5.74, 6) is -1.08. The number of aliphatic hydroxyl groups is 1. The summed E-state index contributed by atoms with van der Waals surface area (Å²) in [6.45, 7) is 6.07. The highest BCUT2D eigenvalue weighted by atomic mass is 16.7. The normalized spacial score (nSPS) is 18.9. The van der Waals surface area contributed by atoms with E-state index < -0.39 is 23.8 Å². The van der Waals surface area contributed by atoms with Crippen molar-refractivity contribution < 1.29 is 28.8 Å². The molecule has 1 aliphatic rings. The summed E-state index contributed by atoms with van der Waals surface area (Å²) in [5, 5.41) is 10.5. The summed E-state index contributed by atoms with van der Waals surface area (Å²) in [7, 11) is 1.34. The average Bonchev–Trinajstić information content (AvgIpc) is 3.14. The molecule has 6 heteroatoms. The Kier molecular flexibility index (Phi) is 10.1. The van der Waals surface area contributed by atoms with E-state index in [4.69, 9.17) is 18.9 Å². The predicted octanol–water partition coefficient (Wildman–Crippen LogP) is 3.70. The number of benzene rings is 1. The van der Waals surface area contributed by atoms with Crippen LogP contribution in [0.15, 0.2) is 30.3 Å². The van der Waals surface area contributed by atoms with Gasteiger partial charge in [0.05, 0.1) is 39.6 Å². The molecule has 0 saturated carbocycles. The maximum Gasteiger partial charge on any atom is 0.313 e. The molecule has 0 unspecified atom stereocenters. The molecule has 1 fully saturated rings. The largest absolute Gasteiger partial charge is 0.469 e. The summed E-state index contributed by atoms with van der Waals surface area (Å²) in [5.41, 5.74) is 1.03. The monoisotopic (exact) mass is 408 g/mol. The lowest BCUT2D eigenvalue weighted by molar-refractivity contribution is -0.155. The molecule has 1 heterocycles. The molecule has 3 atom stereocenters. The molecule has 1 aromatic carbocycles. The predicted molar refractivity (Wildman–Crippen MR) is 110 cm³/mol. The second kappa shape index (κ2) is 12.3. The van der Waals surface area contributed by atoms with E-state index in [1.54, 1.807) is 0 Å². The number of carbonyl (C=O) groups excluding carboxylic acids is 1. The van der Waals surface area contributed by atoms with Crippen LogP contribution in [-0.2, 0) is 30.3 Å². The number of esters is 1. The van der Waals surface area contributed by atoms with Crippen molar-refractivity contribution in [1.82, 2.24) is 0 Å². The molecule has 6 nitrogen and oxygen atoms in total. The molecule has 0 bridgehead atoms. The zero-order valence-electron chi connectivity index (χ0n) is 18.0. The van der Waals surface area contributed by atoms with Gasteiger partial charge in [0.15, 0.2) is 5.79 Å². The summed E-state index contributed by atoms with van der Waals surface area (Å²) >= 11 is 0. The highest BCUT2D eigenvalue weighted by Crippen LogP contribution is 2.29. The summed E-state index contributed by atoms with van der Waals surface area (Å²) in [6.07, 6.45) is 3.50. The van der Waals surface area contributed by atoms with Gasteiger partial charge in [0, 0.05) is 6.42 Å². The maximum atomic E-state index is 12.1. The fraction of sp³-hybridized carbons (Fsp3) is 0.696. The Bertz CT molecular complexity index is 584. The van der Waals surface area contributed by atoms with Crippen LogP contribution < -0.4 is 0 Å². The van der Waals surface area contributed by atoms with Crippen LogP contribution in [0.5, 0.6) is 0 Å². The van der Waals surface area contributed by atoms with Crippen LogP contribution in [0.25, 0.3) is 0 Å². The van der Waals surface area contributed by atoms with Gasteiger partial charge in [-0.05, 0) is 24.8 Å². The minimum atomic E-state index is -0.771. The lowest BCUT2D eigenvalue weighted by atomic mass is 9.93. The van der Waals surface area contributed by atoms with Gasteiger partial charge in [-0.1, -0.05) is 56.5 Å². The topological polar surface area (TPSA) is 74.2 Å². The second-order valence-corrected chi connectivity index (χ2v) is 8.12. The molecular weight excluding hydrogens is 372 g/mol. The summed E-state index contributed by atoms with van der Waals surface area (Å²) < 4.78 is 21.9. The van der Waals surface area contributed by atoms with Gasteiger partial charge >= 0.3 is 5.97 Å². The van der Waals surface area contributed by atoms with E-state index in [9.17, 15) is 9.90 Å². The molecule has 164 valence electrons. The Hall–Kier alpha value is -1.47. The highest BCUT2D eigenvalue weighted by Gasteiger charge is 2.32. The van der Waals surface area contributed by atoms with Crippen molar-refractivity contribution in [2.24, 2.45) is 11.8 Å². The van der Waals surface area contributed by atoms with Crippen molar-refractivity contribution in [3.63, 3.8) is 0 Å². The Balaban J connectivity index is 1.68. The molecule has 0 amide bonds. The molecule has 0 aromatic heterocycles. The zero-order chi connectivity index (χ0) is 21.1. The van der Waals surface area contributed by atoms with E-state index in [0.29, 0.717) is 32.2 Å². The summed E-state index contributed by atoms with van der Waals surface area (Å²) in [6, 6.07) is 9.76. The van der Waals surface area contributed by atoms with Crippen molar-refractivity contribution in [3.05, 3.63) is 35.9 Å². The van der Waals surface area contributed by atoms with Gasteiger partial charge < -0.3 is 24.1 Å². The molecule has 29 heavy (non-hydrogen) atoms. The average molecular weight is 409 g/mol. The standard InChI is InChI=1S/C23H36O6/c1-18(15-23(2)28-13-14-29-23)9-7-8-12-21(24)20(22(25)26-3)17-27-16-19-10-5-4-6-11-19/h4-6,10-11,18,20-21,24H,7-9,12-17H2,1-3H3/t18-,20-,21-/m1/s1. The van der Waals surface area contributed by atoms with Crippen LogP contribution in [0, 0.1) is 11.8 Å². The first-order valence-electron chi connectivity index (χ1n) is 10.6. The third kappa shape index (κ3) is 8.42. The van der Waals surface area contributed by atoms with Crippen LogP contribution in [0.3, 0.4) is 0 Å². The van der Waals surface area contributed by atoms with Crippen molar-refractivity contribution in [1.29, 1.82) is 0 Å². The van der Waals surface area contributed by atoms with Crippen molar-refractivity contribution in [3.8, 4) is 0 Å². The van der Waals surface area contributed by atoms with Crippen LogP contribution in [0.4, 0.5) is 0 Å². The van der Waals surface area contributed by atoms with E-state index in [1.807, 2.05) is 37.3 Å². The van der Waals surface area contributed by atoms with Gasteiger partial charge in [-0.25, -0.2) is 0 Å². The van der Waals surface area contributed by atoms with Crippen molar-refractivity contribution in [2.75, 3.05) is 26.9 Å². The molecule has 1 aliphatic heterocycles. The molecule has 2 rings (SSSR count). The number of hydrogen-bond acceptors (Lipinski definition) is 6. The highest BCUT2D eigenvalue weighted by molar-refractivity contribution is 5.73. The van der Waals surface area contributed by atoms with Gasteiger partial charge in [-0.3, -0.25) is 4.79 Å². The number of methoxy groups -OCH3 is 1. The van der Waals surface area contributed by atoms with E-state index >= 15 is 0 Å².